The molecule has 3 aromatic rings. The average Bonchev–Trinajstić information content (AvgIpc) is 3.20. The lowest BCUT2D eigenvalue weighted by molar-refractivity contribution is 0.315. The van der Waals surface area contributed by atoms with E-state index in [4.69, 9.17) is 11.6 Å². The molecule has 4 rings (SSSR count). The Morgan fingerprint density at radius 2 is 1.80 bits per heavy atom. The first kappa shape index (κ1) is 21.1. The number of H-pyrrole nitrogens is 1. The molecule has 1 heterocycles. The molecular formula is C23H25ClN2O3S. The highest BCUT2D eigenvalue weighted by Gasteiger charge is 2.35. The van der Waals surface area contributed by atoms with Crippen LogP contribution in [0.4, 0.5) is 0 Å². The van der Waals surface area contributed by atoms with Gasteiger partial charge >= 0.3 is 0 Å². The van der Waals surface area contributed by atoms with Gasteiger partial charge in [0.25, 0.3) is 5.56 Å². The molecule has 1 fully saturated rings. The van der Waals surface area contributed by atoms with Gasteiger partial charge in [0, 0.05) is 29.1 Å². The number of sulfonamides is 1. The summed E-state index contributed by atoms with van der Waals surface area (Å²) in [6.45, 7) is 4.00. The lowest BCUT2D eigenvalue weighted by atomic mass is 10.0. The van der Waals surface area contributed by atoms with Crippen LogP contribution in [0.5, 0.6) is 0 Å². The van der Waals surface area contributed by atoms with Crippen LogP contribution in [0, 0.1) is 13.8 Å². The van der Waals surface area contributed by atoms with Gasteiger partial charge in [-0.3, -0.25) is 4.79 Å². The Bertz CT molecular complexity index is 1260. The largest absolute Gasteiger partial charge is 0.322 e. The third kappa shape index (κ3) is 3.92. The quantitative estimate of drug-likeness (QED) is 0.606. The van der Waals surface area contributed by atoms with E-state index in [0.717, 1.165) is 47.7 Å². The van der Waals surface area contributed by atoms with E-state index in [1.54, 1.807) is 18.2 Å². The zero-order chi connectivity index (χ0) is 21.5. The molecule has 1 N–H and O–H groups in total. The lowest BCUT2D eigenvalue weighted by Crippen LogP contribution is -2.39. The molecule has 0 saturated heterocycles. The highest BCUT2D eigenvalue weighted by molar-refractivity contribution is 7.89. The van der Waals surface area contributed by atoms with E-state index in [1.807, 2.05) is 26.0 Å². The third-order valence-electron chi connectivity index (χ3n) is 5.87. The Hall–Kier alpha value is -2.15. The van der Waals surface area contributed by atoms with Crippen LogP contribution in [0.1, 0.15) is 42.4 Å². The summed E-state index contributed by atoms with van der Waals surface area (Å²) in [7, 11) is -3.85. The number of aromatic nitrogens is 1. The first-order valence-corrected chi connectivity index (χ1v) is 12.0. The van der Waals surface area contributed by atoms with E-state index in [9.17, 15) is 13.2 Å². The van der Waals surface area contributed by atoms with E-state index in [-0.39, 0.29) is 28.1 Å². The molecule has 1 aliphatic rings. The van der Waals surface area contributed by atoms with Crippen LogP contribution >= 0.6 is 11.6 Å². The second-order valence-electron chi connectivity index (χ2n) is 8.09. The van der Waals surface area contributed by atoms with Crippen molar-refractivity contribution in [1.29, 1.82) is 0 Å². The highest BCUT2D eigenvalue weighted by Crippen LogP contribution is 2.32. The number of benzene rings is 2. The third-order valence-corrected chi connectivity index (χ3v) is 8.27. The minimum Gasteiger partial charge on any atom is -0.322 e. The number of halogens is 1. The molecule has 158 valence electrons. The van der Waals surface area contributed by atoms with Crippen LogP contribution < -0.4 is 5.56 Å². The minimum atomic E-state index is -3.85. The normalized spacial score (nSPS) is 15.3. The zero-order valence-corrected chi connectivity index (χ0v) is 18.7. The molecule has 7 heteroatoms. The molecule has 0 aliphatic heterocycles. The van der Waals surface area contributed by atoms with Gasteiger partial charge in [-0.1, -0.05) is 42.6 Å². The molecule has 2 aromatic carbocycles. The van der Waals surface area contributed by atoms with Crippen molar-refractivity contribution in [3.05, 3.63) is 74.5 Å². The Labute approximate surface area is 181 Å². The summed E-state index contributed by atoms with van der Waals surface area (Å²) >= 11 is 6.23. The van der Waals surface area contributed by atoms with Crippen molar-refractivity contribution in [3.8, 4) is 0 Å². The standard InChI is InChI=1S/C23H25ClN2O3S/c1-15-11-16(2)19-13-17(23(27)25-21(19)12-15)14-26(18-7-3-4-8-18)30(28,29)22-10-6-5-9-20(22)24/h5-6,9-13,18H,3-4,7-8,14H2,1-2H3,(H,25,27). The molecular weight excluding hydrogens is 420 g/mol. The molecule has 0 radical (unpaired) electrons. The first-order chi connectivity index (χ1) is 14.3. The highest BCUT2D eigenvalue weighted by atomic mass is 35.5. The van der Waals surface area contributed by atoms with E-state index in [2.05, 4.69) is 11.1 Å². The predicted octanol–water partition coefficient (Wildman–Crippen LogP) is 4.93. The molecule has 1 aromatic heterocycles. The Kier molecular flexibility index (Phi) is 5.75. The summed E-state index contributed by atoms with van der Waals surface area (Å²) in [5.41, 5.74) is 3.06. The molecule has 0 atom stereocenters. The number of aromatic amines is 1. The van der Waals surface area contributed by atoms with Crippen LogP contribution in [-0.4, -0.2) is 23.7 Å². The first-order valence-electron chi connectivity index (χ1n) is 10.2. The van der Waals surface area contributed by atoms with Gasteiger partial charge in [-0.05, 0) is 62.1 Å². The average molecular weight is 445 g/mol. The monoisotopic (exact) mass is 444 g/mol. The van der Waals surface area contributed by atoms with Crippen LogP contribution in [0.25, 0.3) is 10.9 Å². The van der Waals surface area contributed by atoms with Crippen molar-refractivity contribution in [2.45, 2.75) is 57.0 Å². The SMILES string of the molecule is Cc1cc(C)c2cc(CN(C3CCCC3)S(=O)(=O)c3ccccc3Cl)c(=O)[nH]c2c1. The van der Waals surface area contributed by atoms with E-state index < -0.39 is 10.0 Å². The van der Waals surface area contributed by atoms with Gasteiger partial charge in [-0.2, -0.15) is 4.31 Å². The van der Waals surface area contributed by atoms with Gasteiger partial charge in [-0.15, -0.1) is 0 Å². The number of rotatable bonds is 5. The Morgan fingerprint density at radius 3 is 2.50 bits per heavy atom. The molecule has 0 spiro atoms. The van der Waals surface area contributed by atoms with Crippen LogP contribution in [0.2, 0.25) is 5.02 Å². The van der Waals surface area contributed by atoms with Crippen molar-refractivity contribution in [2.24, 2.45) is 0 Å². The predicted molar refractivity (Wildman–Crippen MR) is 120 cm³/mol. The fraction of sp³-hybridized carbons (Fsp3) is 0.348. The Balaban J connectivity index is 1.81. The maximum atomic E-state index is 13.6. The van der Waals surface area contributed by atoms with Gasteiger partial charge in [0.15, 0.2) is 0 Å². The number of hydrogen-bond donors (Lipinski definition) is 1. The molecule has 0 amide bonds. The number of pyridine rings is 1. The van der Waals surface area contributed by atoms with E-state index in [1.165, 1.54) is 10.4 Å². The molecule has 0 bridgehead atoms. The number of hydrogen-bond acceptors (Lipinski definition) is 3. The van der Waals surface area contributed by atoms with Gasteiger partial charge < -0.3 is 4.98 Å². The van der Waals surface area contributed by atoms with Crippen molar-refractivity contribution >= 4 is 32.5 Å². The number of aryl methyl sites for hydroxylation is 2. The summed E-state index contributed by atoms with van der Waals surface area (Å²) < 4.78 is 28.6. The lowest BCUT2D eigenvalue weighted by Gasteiger charge is -2.28. The summed E-state index contributed by atoms with van der Waals surface area (Å²) in [6.07, 6.45) is 3.53. The fourth-order valence-corrected chi connectivity index (χ4v) is 6.54. The number of nitrogens with zero attached hydrogens (tertiary/aromatic N) is 1. The van der Waals surface area contributed by atoms with Crippen molar-refractivity contribution in [1.82, 2.24) is 9.29 Å². The second-order valence-corrected chi connectivity index (χ2v) is 10.4. The zero-order valence-electron chi connectivity index (χ0n) is 17.1. The van der Waals surface area contributed by atoms with Gasteiger partial charge in [-0.25, -0.2) is 8.42 Å². The van der Waals surface area contributed by atoms with Gasteiger partial charge in [0.2, 0.25) is 10.0 Å². The smallest absolute Gasteiger partial charge is 0.252 e. The Morgan fingerprint density at radius 1 is 1.10 bits per heavy atom. The van der Waals surface area contributed by atoms with Crippen molar-refractivity contribution < 1.29 is 8.42 Å². The fourth-order valence-electron chi connectivity index (χ4n) is 4.38. The molecule has 1 saturated carbocycles. The van der Waals surface area contributed by atoms with E-state index in [0.29, 0.717) is 5.56 Å². The van der Waals surface area contributed by atoms with Crippen LogP contribution in [-0.2, 0) is 16.6 Å². The van der Waals surface area contributed by atoms with Crippen molar-refractivity contribution in [2.75, 3.05) is 0 Å². The second kappa shape index (κ2) is 8.17. The topological polar surface area (TPSA) is 70.2 Å². The van der Waals surface area contributed by atoms with E-state index >= 15 is 0 Å². The summed E-state index contributed by atoms with van der Waals surface area (Å²) in [6, 6.07) is 12.2. The van der Waals surface area contributed by atoms with Crippen LogP contribution in [0.3, 0.4) is 0 Å². The maximum absolute atomic E-state index is 13.6. The molecule has 5 nitrogen and oxygen atoms in total. The van der Waals surface area contributed by atoms with Gasteiger partial charge in [0.05, 0.1) is 5.02 Å². The molecule has 0 unspecified atom stereocenters. The molecule has 30 heavy (non-hydrogen) atoms. The minimum absolute atomic E-state index is 0.0246. The molecule has 1 aliphatic carbocycles. The summed E-state index contributed by atoms with van der Waals surface area (Å²) in [5, 5.41) is 1.12. The van der Waals surface area contributed by atoms with Crippen molar-refractivity contribution in [3.63, 3.8) is 0 Å². The van der Waals surface area contributed by atoms with Gasteiger partial charge in [0.1, 0.15) is 4.90 Å². The summed E-state index contributed by atoms with van der Waals surface area (Å²) in [4.78, 5) is 15.9. The van der Waals surface area contributed by atoms with Crippen LogP contribution in [0.15, 0.2) is 52.2 Å². The number of fused-ring (bicyclic) bond motifs is 1. The summed E-state index contributed by atoms with van der Waals surface area (Å²) in [5.74, 6) is 0. The number of nitrogens with one attached hydrogen (secondary N) is 1. The maximum Gasteiger partial charge on any atom is 0.252 e.